The highest BCUT2D eigenvalue weighted by Gasteiger charge is 2.18. The Bertz CT molecular complexity index is 311. The van der Waals surface area contributed by atoms with Crippen LogP contribution in [0.1, 0.15) is 31.4 Å². The zero-order valence-electron chi connectivity index (χ0n) is 9.32. The van der Waals surface area contributed by atoms with E-state index in [1.807, 2.05) is 6.92 Å². The second kappa shape index (κ2) is 4.77. The summed E-state index contributed by atoms with van der Waals surface area (Å²) in [6.45, 7) is 5.59. The van der Waals surface area contributed by atoms with Gasteiger partial charge in [0.25, 0.3) is 0 Å². The molecule has 0 saturated carbocycles. The number of hydrogen-bond donors (Lipinski definition) is 1. The van der Waals surface area contributed by atoms with E-state index in [0.29, 0.717) is 18.7 Å². The number of aryl methyl sites for hydroxylation is 1. The Morgan fingerprint density at radius 2 is 2.47 bits per heavy atom. The largest absolute Gasteiger partial charge is 0.445 e. The first kappa shape index (κ1) is 10.6. The van der Waals surface area contributed by atoms with E-state index in [4.69, 9.17) is 9.15 Å². The molecule has 15 heavy (non-hydrogen) atoms. The van der Waals surface area contributed by atoms with E-state index in [9.17, 15) is 0 Å². The molecule has 1 fully saturated rings. The molecule has 84 valence electrons. The Morgan fingerprint density at radius 1 is 1.60 bits per heavy atom. The summed E-state index contributed by atoms with van der Waals surface area (Å²) in [6.07, 6.45) is 4.26. The highest BCUT2D eigenvalue weighted by molar-refractivity contribution is 4.91. The van der Waals surface area contributed by atoms with E-state index in [2.05, 4.69) is 17.2 Å². The van der Waals surface area contributed by atoms with Crippen molar-refractivity contribution in [3.05, 3.63) is 17.8 Å². The van der Waals surface area contributed by atoms with Crippen LogP contribution < -0.4 is 5.32 Å². The molecule has 1 aromatic heterocycles. The summed E-state index contributed by atoms with van der Waals surface area (Å²) in [7, 11) is 0. The molecule has 0 bridgehead atoms. The zero-order chi connectivity index (χ0) is 10.7. The van der Waals surface area contributed by atoms with Gasteiger partial charge in [-0.1, -0.05) is 0 Å². The molecular formula is C11H18N2O2. The number of nitrogens with one attached hydrogen (secondary N) is 1. The number of ether oxygens (including phenoxy) is 1. The van der Waals surface area contributed by atoms with Crippen LogP contribution in [0.5, 0.6) is 0 Å². The molecular weight excluding hydrogens is 192 g/mol. The maximum absolute atomic E-state index is 5.49. The van der Waals surface area contributed by atoms with Crippen LogP contribution in [-0.4, -0.2) is 23.7 Å². The van der Waals surface area contributed by atoms with Gasteiger partial charge < -0.3 is 14.5 Å². The Labute approximate surface area is 90.0 Å². The maximum Gasteiger partial charge on any atom is 0.208 e. The van der Waals surface area contributed by atoms with E-state index in [1.54, 1.807) is 6.20 Å². The van der Waals surface area contributed by atoms with Gasteiger partial charge in [-0.15, -0.1) is 0 Å². The van der Waals surface area contributed by atoms with Gasteiger partial charge in [-0.3, -0.25) is 0 Å². The topological polar surface area (TPSA) is 47.3 Å². The molecule has 0 amide bonds. The first-order valence-corrected chi connectivity index (χ1v) is 5.50. The van der Waals surface area contributed by atoms with Crippen molar-refractivity contribution in [2.45, 2.75) is 45.4 Å². The quantitative estimate of drug-likeness (QED) is 0.824. The highest BCUT2D eigenvalue weighted by atomic mass is 16.5. The lowest BCUT2D eigenvalue weighted by atomic mass is 10.0. The van der Waals surface area contributed by atoms with Gasteiger partial charge in [0.1, 0.15) is 5.76 Å². The van der Waals surface area contributed by atoms with Gasteiger partial charge in [-0.05, 0) is 26.7 Å². The maximum atomic E-state index is 5.49. The molecule has 1 saturated heterocycles. The standard InChI is InChI=1S/C11H18N2O2/c1-8-5-10(3-4-14-8)12-7-11-13-6-9(2)15-11/h6,8,10,12H,3-5,7H2,1-2H3. The van der Waals surface area contributed by atoms with Crippen LogP contribution in [0, 0.1) is 6.92 Å². The summed E-state index contributed by atoms with van der Waals surface area (Å²) >= 11 is 0. The van der Waals surface area contributed by atoms with Crippen molar-refractivity contribution in [1.29, 1.82) is 0 Å². The number of hydrogen-bond acceptors (Lipinski definition) is 4. The summed E-state index contributed by atoms with van der Waals surface area (Å²) in [4.78, 5) is 4.16. The van der Waals surface area contributed by atoms with E-state index in [1.165, 1.54) is 0 Å². The Balaban J connectivity index is 1.77. The molecule has 2 atom stereocenters. The number of nitrogens with zero attached hydrogens (tertiary/aromatic N) is 1. The van der Waals surface area contributed by atoms with Crippen molar-refractivity contribution in [3.63, 3.8) is 0 Å². The molecule has 0 aromatic carbocycles. The van der Waals surface area contributed by atoms with Crippen LogP contribution in [0.15, 0.2) is 10.6 Å². The van der Waals surface area contributed by atoms with E-state index >= 15 is 0 Å². The number of aromatic nitrogens is 1. The van der Waals surface area contributed by atoms with Crippen molar-refractivity contribution in [3.8, 4) is 0 Å². The summed E-state index contributed by atoms with van der Waals surface area (Å²) in [5.41, 5.74) is 0. The Morgan fingerprint density at radius 3 is 3.13 bits per heavy atom. The molecule has 1 aromatic rings. The van der Waals surface area contributed by atoms with Crippen LogP contribution >= 0.6 is 0 Å². The van der Waals surface area contributed by atoms with Crippen molar-refractivity contribution in [2.24, 2.45) is 0 Å². The molecule has 1 aliphatic heterocycles. The molecule has 1 aliphatic rings. The summed E-state index contributed by atoms with van der Waals surface area (Å²) in [6, 6.07) is 0.529. The molecule has 2 unspecified atom stereocenters. The van der Waals surface area contributed by atoms with Gasteiger partial charge in [0.15, 0.2) is 0 Å². The van der Waals surface area contributed by atoms with Crippen molar-refractivity contribution >= 4 is 0 Å². The molecule has 2 heterocycles. The van der Waals surface area contributed by atoms with Gasteiger partial charge in [-0.2, -0.15) is 0 Å². The zero-order valence-corrected chi connectivity index (χ0v) is 9.32. The molecule has 0 spiro atoms. The third-order valence-corrected chi connectivity index (χ3v) is 2.70. The van der Waals surface area contributed by atoms with Gasteiger partial charge in [0.2, 0.25) is 5.89 Å². The predicted octanol–water partition coefficient (Wildman–Crippen LogP) is 1.64. The lowest BCUT2D eigenvalue weighted by Crippen LogP contribution is -2.37. The lowest BCUT2D eigenvalue weighted by molar-refractivity contribution is 0.0126. The summed E-state index contributed by atoms with van der Waals surface area (Å²) in [5, 5.41) is 3.45. The Kier molecular flexibility index (Phi) is 3.38. The fourth-order valence-corrected chi connectivity index (χ4v) is 1.90. The van der Waals surface area contributed by atoms with Crippen molar-refractivity contribution < 1.29 is 9.15 Å². The van der Waals surface area contributed by atoms with Crippen molar-refractivity contribution in [2.75, 3.05) is 6.61 Å². The summed E-state index contributed by atoms with van der Waals surface area (Å²) < 4.78 is 10.9. The minimum Gasteiger partial charge on any atom is -0.445 e. The fourth-order valence-electron chi connectivity index (χ4n) is 1.90. The minimum atomic E-state index is 0.363. The molecule has 4 heteroatoms. The third kappa shape index (κ3) is 3.04. The molecule has 0 radical (unpaired) electrons. The molecule has 1 N–H and O–H groups in total. The average Bonchev–Trinajstić information content (AvgIpc) is 2.62. The number of rotatable bonds is 3. The second-order valence-electron chi connectivity index (χ2n) is 4.15. The van der Waals surface area contributed by atoms with Crippen LogP contribution in [0.4, 0.5) is 0 Å². The first-order valence-electron chi connectivity index (χ1n) is 5.50. The van der Waals surface area contributed by atoms with Crippen molar-refractivity contribution in [1.82, 2.24) is 10.3 Å². The smallest absolute Gasteiger partial charge is 0.208 e. The molecule has 2 rings (SSSR count). The van der Waals surface area contributed by atoms with Crippen LogP contribution in [-0.2, 0) is 11.3 Å². The van der Waals surface area contributed by atoms with Crippen LogP contribution in [0.25, 0.3) is 0 Å². The van der Waals surface area contributed by atoms with E-state index in [-0.39, 0.29) is 0 Å². The predicted molar refractivity (Wildman–Crippen MR) is 56.5 cm³/mol. The molecule has 4 nitrogen and oxygen atoms in total. The van der Waals surface area contributed by atoms with Gasteiger partial charge in [0.05, 0.1) is 18.8 Å². The average molecular weight is 210 g/mol. The number of oxazole rings is 1. The lowest BCUT2D eigenvalue weighted by Gasteiger charge is -2.27. The highest BCUT2D eigenvalue weighted by Crippen LogP contribution is 2.13. The fraction of sp³-hybridized carbons (Fsp3) is 0.727. The third-order valence-electron chi connectivity index (χ3n) is 2.70. The van der Waals surface area contributed by atoms with E-state index in [0.717, 1.165) is 31.1 Å². The SMILES string of the molecule is Cc1cnc(CNC2CCOC(C)C2)o1. The van der Waals surface area contributed by atoms with Gasteiger partial charge >= 0.3 is 0 Å². The first-order chi connectivity index (χ1) is 7.24. The monoisotopic (exact) mass is 210 g/mol. The molecule has 0 aliphatic carbocycles. The minimum absolute atomic E-state index is 0.363. The normalized spacial score (nSPS) is 26.8. The van der Waals surface area contributed by atoms with Gasteiger partial charge in [-0.25, -0.2) is 4.98 Å². The Hall–Kier alpha value is -0.870. The van der Waals surface area contributed by atoms with Gasteiger partial charge in [0, 0.05) is 12.6 Å². The van der Waals surface area contributed by atoms with Crippen LogP contribution in [0.3, 0.4) is 0 Å². The second-order valence-corrected chi connectivity index (χ2v) is 4.15. The van der Waals surface area contributed by atoms with Crippen LogP contribution in [0.2, 0.25) is 0 Å². The van der Waals surface area contributed by atoms with E-state index < -0.39 is 0 Å². The summed E-state index contributed by atoms with van der Waals surface area (Å²) in [5.74, 6) is 1.64.